The number of hydrogen-bond donors (Lipinski definition) is 2. The molecule has 0 aliphatic carbocycles. The molecular weight excluding hydrogens is 437 g/mol. The van der Waals surface area contributed by atoms with Gasteiger partial charge in [0.2, 0.25) is 5.91 Å². The van der Waals surface area contributed by atoms with Gasteiger partial charge in [0, 0.05) is 36.7 Å². The third-order valence-electron chi connectivity index (χ3n) is 5.75. The standard InChI is InChI=1S/C23H25F3N4O3/c24-23(25,26)16-3-5-17(6-4-16)27-22(32)28-20-2-1-11-30(21(20)31)19-9-7-18(8-10-19)29-12-14-33-15-13-29/h3-10,20H,1-2,11-15H2,(H2,27,28,32)/t20-/m0/s1. The van der Waals surface area contributed by atoms with Crippen molar-refractivity contribution in [3.63, 3.8) is 0 Å². The van der Waals surface area contributed by atoms with Crippen molar-refractivity contribution < 1.29 is 27.5 Å². The highest BCUT2D eigenvalue weighted by molar-refractivity contribution is 6.01. The van der Waals surface area contributed by atoms with Gasteiger partial charge >= 0.3 is 12.2 Å². The van der Waals surface area contributed by atoms with Crippen LogP contribution in [-0.2, 0) is 15.7 Å². The third kappa shape index (κ3) is 5.57. The summed E-state index contributed by atoms with van der Waals surface area (Å²) in [7, 11) is 0. The Balaban J connectivity index is 1.35. The van der Waals surface area contributed by atoms with Crippen LogP contribution in [0.5, 0.6) is 0 Å². The van der Waals surface area contributed by atoms with Gasteiger partial charge in [0.25, 0.3) is 0 Å². The molecule has 0 bridgehead atoms. The molecule has 176 valence electrons. The zero-order chi connectivity index (χ0) is 23.4. The van der Waals surface area contributed by atoms with Crippen LogP contribution in [0.4, 0.5) is 35.0 Å². The number of urea groups is 1. The number of anilines is 3. The van der Waals surface area contributed by atoms with Gasteiger partial charge in [-0.2, -0.15) is 13.2 Å². The van der Waals surface area contributed by atoms with Gasteiger partial charge in [-0.25, -0.2) is 4.79 Å². The summed E-state index contributed by atoms with van der Waals surface area (Å²) in [5.41, 5.74) is 1.23. The fourth-order valence-electron chi connectivity index (χ4n) is 4.00. The summed E-state index contributed by atoms with van der Waals surface area (Å²) in [6.07, 6.45) is -3.25. The molecule has 33 heavy (non-hydrogen) atoms. The highest BCUT2D eigenvalue weighted by Gasteiger charge is 2.32. The Morgan fingerprint density at radius 1 is 0.939 bits per heavy atom. The topological polar surface area (TPSA) is 73.9 Å². The first-order valence-corrected chi connectivity index (χ1v) is 10.8. The molecule has 0 aromatic heterocycles. The lowest BCUT2D eigenvalue weighted by Gasteiger charge is -2.33. The van der Waals surface area contributed by atoms with Gasteiger partial charge in [-0.3, -0.25) is 4.79 Å². The molecular formula is C23H25F3N4O3. The Morgan fingerprint density at radius 2 is 1.58 bits per heavy atom. The number of halogens is 3. The highest BCUT2D eigenvalue weighted by atomic mass is 19.4. The van der Waals surface area contributed by atoms with E-state index in [1.54, 1.807) is 4.90 Å². The van der Waals surface area contributed by atoms with Crippen molar-refractivity contribution in [3.05, 3.63) is 54.1 Å². The maximum absolute atomic E-state index is 13.0. The number of carbonyl (C=O) groups is 2. The lowest BCUT2D eigenvalue weighted by Crippen LogP contribution is -2.53. The molecule has 7 nitrogen and oxygen atoms in total. The number of piperidine rings is 1. The van der Waals surface area contributed by atoms with Crippen LogP contribution < -0.4 is 20.4 Å². The van der Waals surface area contributed by atoms with Gasteiger partial charge in [0.05, 0.1) is 18.8 Å². The van der Waals surface area contributed by atoms with Crippen molar-refractivity contribution in [3.8, 4) is 0 Å². The van der Waals surface area contributed by atoms with Crippen molar-refractivity contribution in [2.45, 2.75) is 25.1 Å². The number of nitrogens with one attached hydrogen (secondary N) is 2. The summed E-state index contributed by atoms with van der Waals surface area (Å²) < 4.78 is 43.4. The number of ether oxygens (including phenoxy) is 1. The predicted octanol–water partition coefficient (Wildman–Crippen LogP) is 3.86. The van der Waals surface area contributed by atoms with Crippen LogP contribution in [0.15, 0.2) is 48.5 Å². The first kappa shape index (κ1) is 22.9. The Kier molecular flexibility index (Phi) is 6.73. The molecule has 2 saturated heterocycles. The second-order valence-electron chi connectivity index (χ2n) is 7.97. The van der Waals surface area contributed by atoms with E-state index in [4.69, 9.17) is 4.74 Å². The number of carbonyl (C=O) groups excluding carboxylic acids is 2. The maximum atomic E-state index is 13.0. The number of nitrogens with zero attached hydrogens (tertiary/aromatic N) is 2. The molecule has 2 fully saturated rings. The quantitative estimate of drug-likeness (QED) is 0.724. The number of rotatable bonds is 4. The van der Waals surface area contributed by atoms with Gasteiger partial charge in [-0.05, 0) is 61.4 Å². The van der Waals surface area contributed by atoms with E-state index in [2.05, 4.69) is 15.5 Å². The van der Waals surface area contributed by atoms with Crippen LogP contribution in [0.2, 0.25) is 0 Å². The van der Waals surface area contributed by atoms with Crippen LogP contribution in [0.1, 0.15) is 18.4 Å². The molecule has 1 atom stereocenters. The molecule has 4 rings (SSSR count). The fraction of sp³-hybridized carbons (Fsp3) is 0.391. The Bertz CT molecular complexity index is 974. The van der Waals surface area contributed by atoms with Crippen LogP contribution in [0.25, 0.3) is 0 Å². The Morgan fingerprint density at radius 3 is 2.21 bits per heavy atom. The monoisotopic (exact) mass is 462 g/mol. The van der Waals surface area contributed by atoms with Crippen LogP contribution in [-0.4, -0.2) is 50.8 Å². The van der Waals surface area contributed by atoms with Gasteiger partial charge in [0.1, 0.15) is 6.04 Å². The molecule has 0 saturated carbocycles. The zero-order valence-corrected chi connectivity index (χ0v) is 17.9. The normalized spacial score (nSPS) is 19.4. The molecule has 2 aromatic carbocycles. The van der Waals surface area contributed by atoms with E-state index in [-0.39, 0.29) is 11.6 Å². The van der Waals surface area contributed by atoms with E-state index < -0.39 is 23.8 Å². The Labute approximate surface area is 189 Å². The van der Waals surface area contributed by atoms with E-state index in [1.165, 1.54) is 12.1 Å². The molecule has 2 aromatic rings. The Hall–Kier alpha value is -3.27. The smallest absolute Gasteiger partial charge is 0.378 e. The van der Waals surface area contributed by atoms with Gasteiger partial charge < -0.3 is 25.2 Å². The van der Waals surface area contributed by atoms with E-state index >= 15 is 0 Å². The number of morpholine rings is 1. The van der Waals surface area contributed by atoms with Crippen LogP contribution in [0.3, 0.4) is 0 Å². The molecule has 2 aliphatic rings. The largest absolute Gasteiger partial charge is 0.416 e. The number of alkyl halides is 3. The summed E-state index contributed by atoms with van der Waals surface area (Å²) in [6.45, 7) is 3.57. The van der Waals surface area contributed by atoms with Crippen molar-refractivity contribution in [1.82, 2.24) is 5.32 Å². The minimum absolute atomic E-state index is 0.208. The lowest BCUT2D eigenvalue weighted by atomic mass is 10.0. The molecule has 10 heteroatoms. The first-order valence-electron chi connectivity index (χ1n) is 10.8. The minimum atomic E-state index is -4.45. The number of amides is 3. The first-order chi connectivity index (χ1) is 15.8. The summed E-state index contributed by atoms with van der Waals surface area (Å²) in [4.78, 5) is 29.2. The molecule has 0 spiro atoms. The molecule has 2 N–H and O–H groups in total. The summed E-state index contributed by atoms with van der Waals surface area (Å²) in [5.74, 6) is -0.219. The SMILES string of the molecule is O=C(Nc1ccc(C(F)(F)F)cc1)N[C@H]1CCCN(c2ccc(N3CCOCC3)cc2)C1=O. The fourth-order valence-corrected chi connectivity index (χ4v) is 4.00. The van der Waals surface area contributed by atoms with Gasteiger partial charge in [0.15, 0.2) is 0 Å². The molecule has 2 heterocycles. The highest BCUT2D eigenvalue weighted by Crippen LogP contribution is 2.30. The van der Waals surface area contributed by atoms with Crippen molar-refractivity contribution >= 4 is 29.0 Å². The van der Waals surface area contributed by atoms with Crippen molar-refractivity contribution in [2.24, 2.45) is 0 Å². The summed E-state index contributed by atoms with van der Waals surface area (Å²) in [6, 6.07) is 10.5. The number of hydrogen-bond acceptors (Lipinski definition) is 4. The van der Waals surface area contributed by atoms with Gasteiger partial charge in [-0.15, -0.1) is 0 Å². The van der Waals surface area contributed by atoms with Crippen LogP contribution >= 0.6 is 0 Å². The third-order valence-corrected chi connectivity index (χ3v) is 5.75. The number of benzene rings is 2. The van der Waals surface area contributed by atoms with E-state index in [0.29, 0.717) is 32.6 Å². The second-order valence-corrected chi connectivity index (χ2v) is 7.97. The average molecular weight is 462 g/mol. The molecule has 0 unspecified atom stereocenters. The summed E-state index contributed by atoms with van der Waals surface area (Å²) in [5, 5.41) is 5.12. The second kappa shape index (κ2) is 9.70. The molecule has 2 aliphatic heterocycles. The van der Waals surface area contributed by atoms with Crippen molar-refractivity contribution in [1.29, 1.82) is 0 Å². The summed E-state index contributed by atoms with van der Waals surface area (Å²) >= 11 is 0. The van der Waals surface area contributed by atoms with Crippen molar-refractivity contribution in [2.75, 3.05) is 48.0 Å². The minimum Gasteiger partial charge on any atom is -0.378 e. The molecule has 0 radical (unpaired) electrons. The average Bonchev–Trinajstić information content (AvgIpc) is 2.81. The van der Waals surface area contributed by atoms with Crippen LogP contribution in [0, 0.1) is 0 Å². The van der Waals surface area contributed by atoms with Gasteiger partial charge in [-0.1, -0.05) is 0 Å². The zero-order valence-electron chi connectivity index (χ0n) is 17.9. The van der Waals surface area contributed by atoms with E-state index in [1.807, 2.05) is 24.3 Å². The lowest BCUT2D eigenvalue weighted by molar-refractivity contribution is -0.137. The van der Waals surface area contributed by atoms with E-state index in [0.717, 1.165) is 36.6 Å². The maximum Gasteiger partial charge on any atom is 0.416 e. The van der Waals surface area contributed by atoms with E-state index in [9.17, 15) is 22.8 Å². The predicted molar refractivity (Wildman–Crippen MR) is 118 cm³/mol. The molecule has 3 amide bonds.